The lowest BCUT2D eigenvalue weighted by molar-refractivity contribution is -0.199. The van der Waals surface area contributed by atoms with Gasteiger partial charge in [0, 0.05) is 13.1 Å². The van der Waals surface area contributed by atoms with Crippen molar-refractivity contribution < 1.29 is 18.9 Å². The number of carbonyl (C=O) groups excluding carboxylic acids is 2. The molecule has 3 aliphatic carbocycles. The summed E-state index contributed by atoms with van der Waals surface area (Å²) < 4.78 is 12.8. The predicted molar refractivity (Wildman–Crippen MR) is 125 cm³/mol. The smallest absolute Gasteiger partial charge is 0.405 e. The molecular formula is C24H42BN3O4. The van der Waals surface area contributed by atoms with Crippen LogP contribution < -0.4 is 11.1 Å². The van der Waals surface area contributed by atoms with Gasteiger partial charge in [0.15, 0.2) is 0 Å². The largest absolute Gasteiger partial charge is 0.457 e. The number of amides is 2. The van der Waals surface area contributed by atoms with Crippen molar-refractivity contribution in [3.8, 4) is 0 Å². The highest BCUT2D eigenvalue weighted by molar-refractivity contribution is 6.45. The zero-order chi connectivity index (χ0) is 23.4. The quantitative estimate of drug-likeness (QED) is 0.585. The number of rotatable bonds is 7. The average molecular weight is 447 g/mol. The third kappa shape index (κ3) is 4.01. The molecule has 5 fully saturated rings. The molecule has 2 amide bonds. The van der Waals surface area contributed by atoms with E-state index in [1.54, 1.807) is 4.90 Å². The van der Waals surface area contributed by atoms with Crippen LogP contribution in [-0.4, -0.2) is 60.7 Å². The lowest BCUT2D eigenvalue weighted by atomic mass is 9.43. The lowest BCUT2D eigenvalue weighted by Gasteiger charge is -2.64. The van der Waals surface area contributed by atoms with Crippen molar-refractivity contribution in [1.29, 1.82) is 0 Å². The SMILES string of the molecule is CC(C)[C@H](N)C(=O)N1CCC[C@H]1C(=O)NC[C@H](C)CB1O[C@@H]2C[C@@H]3C[C@@H](C3(C)C)[C@]2(C)O1. The van der Waals surface area contributed by atoms with Crippen LogP contribution in [0.4, 0.5) is 0 Å². The van der Waals surface area contributed by atoms with Gasteiger partial charge in [0.25, 0.3) is 0 Å². The Morgan fingerprint density at radius 3 is 2.59 bits per heavy atom. The minimum absolute atomic E-state index is 0.0558. The molecule has 0 radical (unpaired) electrons. The highest BCUT2D eigenvalue weighted by atomic mass is 16.7. The first-order valence-corrected chi connectivity index (χ1v) is 12.6. The first-order valence-electron chi connectivity index (χ1n) is 12.6. The van der Waals surface area contributed by atoms with Gasteiger partial charge >= 0.3 is 7.12 Å². The van der Waals surface area contributed by atoms with Crippen LogP contribution in [0.1, 0.15) is 67.2 Å². The van der Waals surface area contributed by atoms with Crippen molar-refractivity contribution in [2.75, 3.05) is 13.1 Å². The summed E-state index contributed by atoms with van der Waals surface area (Å²) in [6.07, 6.45) is 4.82. The third-order valence-corrected chi connectivity index (χ3v) is 9.06. The molecule has 3 N–H and O–H groups in total. The fraction of sp³-hybridized carbons (Fsp3) is 0.917. The molecule has 0 aromatic carbocycles. The van der Waals surface area contributed by atoms with E-state index in [1.807, 2.05) is 13.8 Å². The zero-order valence-corrected chi connectivity index (χ0v) is 20.7. The van der Waals surface area contributed by atoms with E-state index in [1.165, 1.54) is 6.42 Å². The highest BCUT2D eigenvalue weighted by Gasteiger charge is 2.67. The van der Waals surface area contributed by atoms with Crippen LogP contribution >= 0.6 is 0 Å². The second-order valence-corrected chi connectivity index (χ2v) is 11.9. The van der Waals surface area contributed by atoms with E-state index in [9.17, 15) is 9.59 Å². The summed E-state index contributed by atoms with van der Waals surface area (Å²) in [5.41, 5.74) is 6.21. The molecule has 32 heavy (non-hydrogen) atoms. The van der Waals surface area contributed by atoms with Gasteiger partial charge in [0.05, 0.1) is 17.7 Å². The topological polar surface area (TPSA) is 93.9 Å². The summed E-state index contributed by atoms with van der Waals surface area (Å²) >= 11 is 0. The molecule has 2 saturated heterocycles. The Morgan fingerprint density at radius 2 is 1.94 bits per heavy atom. The number of likely N-dealkylation sites (tertiary alicyclic amines) is 1. The Labute approximate surface area is 193 Å². The van der Waals surface area contributed by atoms with Crippen LogP contribution in [0.5, 0.6) is 0 Å². The predicted octanol–water partition coefficient (Wildman–Crippen LogP) is 2.44. The van der Waals surface area contributed by atoms with Crippen LogP contribution in [-0.2, 0) is 18.9 Å². The maximum absolute atomic E-state index is 12.9. The van der Waals surface area contributed by atoms with Gasteiger partial charge in [0.1, 0.15) is 6.04 Å². The Balaban J connectivity index is 1.26. The number of hydrogen-bond donors (Lipinski definition) is 2. The van der Waals surface area contributed by atoms with Crippen molar-refractivity contribution in [1.82, 2.24) is 10.2 Å². The minimum Gasteiger partial charge on any atom is -0.405 e. The molecule has 180 valence electrons. The minimum atomic E-state index is -0.556. The molecular weight excluding hydrogens is 405 g/mol. The number of nitrogens with one attached hydrogen (secondary N) is 1. The summed E-state index contributed by atoms with van der Waals surface area (Å²) in [7, 11) is -0.208. The van der Waals surface area contributed by atoms with Gasteiger partial charge in [-0.2, -0.15) is 0 Å². The van der Waals surface area contributed by atoms with Crippen molar-refractivity contribution in [2.45, 2.75) is 97.3 Å². The van der Waals surface area contributed by atoms with E-state index < -0.39 is 12.1 Å². The molecule has 3 saturated carbocycles. The first kappa shape index (κ1) is 24.0. The van der Waals surface area contributed by atoms with Crippen LogP contribution in [0, 0.1) is 29.1 Å². The normalized spacial score (nSPS) is 37.1. The van der Waals surface area contributed by atoms with Gasteiger partial charge in [-0.15, -0.1) is 0 Å². The molecule has 0 aromatic rings. The molecule has 5 rings (SSSR count). The molecule has 7 nitrogen and oxygen atoms in total. The highest BCUT2D eigenvalue weighted by Crippen LogP contribution is 2.65. The summed E-state index contributed by atoms with van der Waals surface area (Å²) in [6.45, 7) is 14.1. The Kier molecular flexibility index (Phi) is 6.45. The maximum atomic E-state index is 12.9. The van der Waals surface area contributed by atoms with Crippen LogP contribution in [0.15, 0.2) is 0 Å². The van der Waals surface area contributed by atoms with Crippen LogP contribution in [0.25, 0.3) is 0 Å². The van der Waals surface area contributed by atoms with Crippen LogP contribution in [0.3, 0.4) is 0 Å². The molecule has 0 aromatic heterocycles. The lowest BCUT2D eigenvalue weighted by Crippen LogP contribution is -2.65. The Bertz CT molecular complexity index is 747. The number of nitrogens with zero attached hydrogens (tertiary/aromatic N) is 1. The molecule has 2 bridgehead atoms. The van der Waals surface area contributed by atoms with E-state index >= 15 is 0 Å². The Hall–Kier alpha value is -1.12. The number of hydrogen-bond acceptors (Lipinski definition) is 5. The second-order valence-electron chi connectivity index (χ2n) is 11.9. The maximum Gasteiger partial charge on any atom is 0.457 e. The number of nitrogens with two attached hydrogens (primary N) is 1. The average Bonchev–Trinajstić information content (AvgIpc) is 3.33. The fourth-order valence-corrected chi connectivity index (χ4v) is 6.64. The molecule has 5 aliphatic rings. The fourth-order valence-electron chi connectivity index (χ4n) is 6.64. The van der Waals surface area contributed by atoms with Crippen molar-refractivity contribution in [3.63, 3.8) is 0 Å². The summed E-state index contributed by atoms with van der Waals surface area (Å²) in [6, 6.07) is -0.964. The number of carbonyl (C=O) groups is 2. The van der Waals surface area contributed by atoms with Crippen molar-refractivity contribution in [3.05, 3.63) is 0 Å². The van der Waals surface area contributed by atoms with Gasteiger partial charge in [-0.1, -0.05) is 34.6 Å². The standard InChI is InChI=1S/C24H42BN3O4/c1-14(2)20(26)22(30)28-9-7-8-17(28)21(29)27-13-15(3)12-25-31-19-11-16-10-18(23(16,4)5)24(19,6)32-25/h14-20H,7-13,26H2,1-6H3,(H,27,29)/t15-,16+,17+,18+,19-,20+,24+/m1/s1. The molecule has 2 heterocycles. The molecule has 0 unspecified atom stereocenters. The van der Waals surface area contributed by atoms with E-state index in [-0.39, 0.29) is 42.5 Å². The zero-order valence-electron chi connectivity index (χ0n) is 20.7. The Morgan fingerprint density at radius 1 is 1.22 bits per heavy atom. The van der Waals surface area contributed by atoms with Crippen molar-refractivity contribution in [2.24, 2.45) is 34.8 Å². The summed E-state index contributed by atoms with van der Waals surface area (Å²) in [5.74, 6) is 1.39. The molecule has 8 heteroatoms. The van der Waals surface area contributed by atoms with E-state index in [4.69, 9.17) is 15.0 Å². The van der Waals surface area contributed by atoms with E-state index in [0.717, 1.165) is 25.1 Å². The van der Waals surface area contributed by atoms with E-state index in [2.05, 4.69) is 33.0 Å². The van der Waals surface area contributed by atoms with Gasteiger partial charge in [0.2, 0.25) is 11.8 Å². The van der Waals surface area contributed by atoms with Gasteiger partial charge < -0.3 is 25.3 Å². The second kappa shape index (κ2) is 8.59. The van der Waals surface area contributed by atoms with Crippen LogP contribution in [0.2, 0.25) is 6.32 Å². The molecule has 2 aliphatic heterocycles. The molecule has 0 spiro atoms. The molecule has 7 atom stereocenters. The summed E-state index contributed by atoms with van der Waals surface area (Å²) in [4.78, 5) is 27.2. The monoisotopic (exact) mass is 447 g/mol. The first-order chi connectivity index (χ1) is 14.9. The van der Waals surface area contributed by atoms with Crippen molar-refractivity contribution >= 4 is 18.9 Å². The van der Waals surface area contributed by atoms with Gasteiger partial charge in [-0.05, 0) is 68.0 Å². The van der Waals surface area contributed by atoms with Gasteiger partial charge in [-0.3, -0.25) is 9.59 Å². The summed E-state index contributed by atoms with van der Waals surface area (Å²) in [5, 5.41) is 3.07. The van der Waals surface area contributed by atoms with E-state index in [0.29, 0.717) is 30.8 Å². The van der Waals surface area contributed by atoms with Gasteiger partial charge in [-0.25, -0.2) is 0 Å². The third-order valence-electron chi connectivity index (χ3n) is 9.06.